The second-order valence-corrected chi connectivity index (χ2v) is 9.26. The molecule has 0 spiro atoms. The van der Waals surface area contributed by atoms with Crippen LogP contribution in [0.4, 0.5) is 8.78 Å². The van der Waals surface area contributed by atoms with Crippen molar-refractivity contribution in [3.8, 4) is 22.6 Å². The first kappa shape index (κ1) is 24.4. The smallest absolute Gasteiger partial charge is 0.337 e. The number of rotatable bonds is 5. The quantitative estimate of drug-likeness (QED) is 0.257. The molecule has 192 valence electrons. The third kappa shape index (κ3) is 4.01. The first-order valence-corrected chi connectivity index (χ1v) is 12.3. The van der Waals surface area contributed by atoms with Crippen LogP contribution < -0.4 is 9.47 Å². The van der Waals surface area contributed by atoms with Gasteiger partial charge in [-0.3, -0.25) is 0 Å². The molecule has 6 rings (SSSR count). The predicted octanol–water partition coefficient (Wildman–Crippen LogP) is 7.84. The van der Waals surface area contributed by atoms with E-state index in [1.807, 2.05) is 42.5 Å². The van der Waals surface area contributed by atoms with Gasteiger partial charge in [0.15, 0.2) is 5.60 Å². The Labute approximate surface area is 223 Å². The molecule has 0 unspecified atom stereocenters. The molecule has 5 aromatic carbocycles. The Morgan fingerprint density at radius 3 is 2.00 bits per heavy atom. The summed E-state index contributed by atoms with van der Waals surface area (Å²) in [5, 5.41) is 11.8. The minimum Gasteiger partial charge on any atom is -0.497 e. The minimum atomic E-state index is -1.28. The molecule has 4 nitrogen and oxygen atoms in total. The number of aromatic carboxylic acids is 1. The number of hydrogen-bond donors (Lipinski definition) is 1. The van der Waals surface area contributed by atoms with Gasteiger partial charge in [0.25, 0.3) is 0 Å². The van der Waals surface area contributed by atoms with Crippen molar-refractivity contribution in [1.29, 1.82) is 0 Å². The third-order valence-corrected chi connectivity index (χ3v) is 7.07. The molecule has 0 amide bonds. The molecule has 1 N–H and O–H groups in total. The van der Waals surface area contributed by atoms with Crippen LogP contribution in [0, 0.1) is 11.6 Å². The summed E-state index contributed by atoms with van der Waals surface area (Å²) in [7, 11) is 1.55. The van der Waals surface area contributed by atoms with Crippen molar-refractivity contribution < 1.29 is 28.2 Å². The lowest BCUT2D eigenvalue weighted by Crippen LogP contribution is -2.35. The van der Waals surface area contributed by atoms with Gasteiger partial charge in [-0.15, -0.1) is 0 Å². The fourth-order valence-electron chi connectivity index (χ4n) is 5.25. The number of carboxylic acids is 1. The van der Waals surface area contributed by atoms with Crippen LogP contribution in [0.2, 0.25) is 0 Å². The maximum atomic E-state index is 13.9. The number of benzene rings is 5. The lowest BCUT2D eigenvalue weighted by atomic mass is 9.81. The molecule has 0 radical (unpaired) electrons. The van der Waals surface area contributed by atoms with E-state index in [1.54, 1.807) is 49.6 Å². The van der Waals surface area contributed by atoms with Crippen LogP contribution in [0.15, 0.2) is 103 Å². The van der Waals surface area contributed by atoms with Crippen LogP contribution in [0.25, 0.3) is 28.0 Å². The summed E-state index contributed by atoms with van der Waals surface area (Å²) in [6, 6.07) is 26.5. The van der Waals surface area contributed by atoms with Gasteiger partial charge >= 0.3 is 5.97 Å². The van der Waals surface area contributed by atoms with E-state index in [1.165, 1.54) is 24.3 Å². The Morgan fingerprint density at radius 1 is 0.821 bits per heavy atom. The summed E-state index contributed by atoms with van der Waals surface area (Å²) in [5.41, 5.74) is 1.70. The largest absolute Gasteiger partial charge is 0.497 e. The number of fused-ring (bicyclic) bond motifs is 3. The van der Waals surface area contributed by atoms with Crippen LogP contribution in [0.1, 0.15) is 27.0 Å². The van der Waals surface area contributed by atoms with E-state index in [0.717, 1.165) is 5.56 Å². The SMILES string of the molecule is COc1ccc2c(-c3ccccc3)c(C(=O)O)c3c(c2c1)OC(c1ccc(F)cc1)(c1ccc(F)cc1)C=C3. The monoisotopic (exact) mass is 520 g/mol. The zero-order chi connectivity index (χ0) is 27.1. The fraction of sp³-hybridized carbons (Fsp3) is 0.0606. The molecule has 1 aliphatic rings. The molecular formula is C33H22F2O4. The Bertz CT molecular complexity index is 1700. The summed E-state index contributed by atoms with van der Waals surface area (Å²) in [6.07, 6.45) is 3.46. The van der Waals surface area contributed by atoms with Gasteiger partial charge in [-0.1, -0.05) is 54.6 Å². The van der Waals surface area contributed by atoms with E-state index in [4.69, 9.17) is 9.47 Å². The highest BCUT2D eigenvalue weighted by molar-refractivity contribution is 6.14. The van der Waals surface area contributed by atoms with Crippen molar-refractivity contribution in [3.63, 3.8) is 0 Å². The van der Waals surface area contributed by atoms with E-state index in [9.17, 15) is 18.7 Å². The molecule has 1 aliphatic heterocycles. The van der Waals surface area contributed by atoms with Gasteiger partial charge in [0, 0.05) is 27.6 Å². The number of carbonyl (C=O) groups is 1. The highest BCUT2D eigenvalue weighted by Crippen LogP contribution is 2.50. The van der Waals surface area contributed by atoms with Gasteiger partial charge in [0.1, 0.15) is 23.1 Å². The van der Waals surface area contributed by atoms with Crippen molar-refractivity contribution in [2.45, 2.75) is 5.60 Å². The van der Waals surface area contributed by atoms with Crippen molar-refractivity contribution >= 4 is 22.8 Å². The molecule has 1 heterocycles. The molecule has 6 heteroatoms. The molecule has 0 fully saturated rings. The molecule has 0 atom stereocenters. The zero-order valence-electron chi connectivity index (χ0n) is 20.8. The highest BCUT2D eigenvalue weighted by Gasteiger charge is 2.40. The first-order chi connectivity index (χ1) is 18.9. The number of carboxylic acid groups (broad SMARTS) is 1. The van der Waals surface area contributed by atoms with E-state index < -0.39 is 23.2 Å². The van der Waals surface area contributed by atoms with E-state index in [0.29, 0.717) is 44.5 Å². The molecule has 0 saturated heterocycles. The maximum absolute atomic E-state index is 13.9. The average molecular weight is 521 g/mol. The summed E-state index contributed by atoms with van der Waals surface area (Å²) >= 11 is 0. The average Bonchev–Trinajstić information content (AvgIpc) is 2.97. The van der Waals surface area contributed by atoms with Crippen molar-refractivity contribution in [3.05, 3.63) is 137 Å². The van der Waals surface area contributed by atoms with Crippen LogP contribution >= 0.6 is 0 Å². The number of ether oxygens (including phenoxy) is 2. The van der Waals surface area contributed by atoms with E-state index in [-0.39, 0.29) is 5.56 Å². The lowest BCUT2D eigenvalue weighted by Gasteiger charge is -2.37. The van der Waals surface area contributed by atoms with Crippen LogP contribution in [-0.2, 0) is 5.60 Å². The van der Waals surface area contributed by atoms with Crippen LogP contribution in [0.3, 0.4) is 0 Å². The molecule has 0 aromatic heterocycles. The highest BCUT2D eigenvalue weighted by atomic mass is 19.1. The third-order valence-electron chi connectivity index (χ3n) is 7.07. The van der Waals surface area contributed by atoms with Gasteiger partial charge < -0.3 is 14.6 Å². The molecule has 0 bridgehead atoms. The number of hydrogen-bond acceptors (Lipinski definition) is 3. The van der Waals surface area contributed by atoms with Gasteiger partial charge in [0.2, 0.25) is 0 Å². The summed E-state index contributed by atoms with van der Waals surface area (Å²) in [5.74, 6) is -1.03. The zero-order valence-corrected chi connectivity index (χ0v) is 20.8. The Balaban J connectivity index is 1.71. The number of halogens is 2. The van der Waals surface area contributed by atoms with Crippen molar-refractivity contribution in [1.82, 2.24) is 0 Å². The number of methoxy groups -OCH3 is 1. The normalized spacial score (nSPS) is 13.5. The van der Waals surface area contributed by atoms with Crippen molar-refractivity contribution in [2.24, 2.45) is 0 Å². The molecular weight excluding hydrogens is 498 g/mol. The standard InChI is InChI=1S/C33H22F2O4/c1-38-25-15-16-26-28(19-25)31-27(30(32(36)37)29(26)20-5-3-2-4-6-20)17-18-33(39-31,21-7-11-23(34)12-8-21)22-9-13-24(35)14-10-22/h2-19H,1H3,(H,36,37). The fourth-order valence-corrected chi connectivity index (χ4v) is 5.25. The molecule has 0 aliphatic carbocycles. The van der Waals surface area contributed by atoms with E-state index in [2.05, 4.69) is 0 Å². The first-order valence-electron chi connectivity index (χ1n) is 12.3. The van der Waals surface area contributed by atoms with Crippen molar-refractivity contribution in [2.75, 3.05) is 7.11 Å². The molecule has 0 saturated carbocycles. The summed E-state index contributed by atoms with van der Waals surface area (Å²) < 4.78 is 40.2. The Morgan fingerprint density at radius 2 is 1.44 bits per heavy atom. The summed E-state index contributed by atoms with van der Waals surface area (Å²) in [4.78, 5) is 12.8. The van der Waals surface area contributed by atoms with Gasteiger partial charge in [0.05, 0.1) is 12.7 Å². The maximum Gasteiger partial charge on any atom is 0.337 e. The van der Waals surface area contributed by atoms with Crippen LogP contribution in [-0.4, -0.2) is 18.2 Å². The van der Waals surface area contributed by atoms with Crippen LogP contribution in [0.5, 0.6) is 11.5 Å². The van der Waals surface area contributed by atoms with Gasteiger partial charge in [-0.05, 0) is 65.6 Å². The Hall–Kier alpha value is -4.97. The molecule has 39 heavy (non-hydrogen) atoms. The topological polar surface area (TPSA) is 55.8 Å². The second kappa shape index (κ2) is 9.40. The Kier molecular flexibility index (Phi) is 5.88. The predicted molar refractivity (Wildman–Crippen MR) is 146 cm³/mol. The van der Waals surface area contributed by atoms with Gasteiger partial charge in [-0.25, -0.2) is 13.6 Å². The molecule has 5 aromatic rings. The van der Waals surface area contributed by atoms with E-state index >= 15 is 0 Å². The lowest BCUT2D eigenvalue weighted by molar-refractivity contribution is 0.0696. The minimum absolute atomic E-state index is 0.0944. The van der Waals surface area contributed by atoms with Gasteiger partial charge in [-0.2, -0.15) is 0 Å². The second-order valence-electron chi connectivity index (χ2n) is 9.26. The summed E-state index contributed by atoms with van der Waals surface area (Å²) in [6.45, 7) is 0.